The number of hydrogen-bond acceptors (Lipinski definition) is 6. The molecule has 4 rings (SSSR count). The summed E-state index contributed by atoms with van der Waals surface area (Å²) in [7, 11) is 0. The quantitative estimate of drug-likeness (QED) is 0.512. The van der Waals surface area contributed by atoms with E-state index in [1.165, 1.54) is 0 Å². The lowest BCUT2D eigenvalue weighted by Gasteiger charge is -2.14. The van der Waals surface area contributed by atoms with Gasteiger partial charge < -0.3 is 30.2 Å². The van der Waals surface area contributed by atoms with E-state index in [0.29, 0.717) is 22.8 Å². The maximum atomic E-state index is 11.1. The van der Waals surface area contributed by atoms with Crippen LogP contribution in [0.4, 0.5) is 0 Å². The standard InChI is InChI=1S/C24H23NO6/c25-20(12-26)16-6-3-5-15(8-16)18-9-19(24-22(10-18)30-14-31-24)13-29-21-7-2-1-4-17(21)11-23(27)28/h1-10,20,26H,11-14,25H2,(H,27,28)/t20-/m1/s1. The van der Waals surface area contributed by atoms with Crippen molar-refractivity contribution >= 4 is 5.97 Å². The summed E-state index contributed by atoms with van der Waals surface area (Å²) in [6.45, 7) is 0.169. The zero-order valence-corrected chi connectivity index (χ0v) is 16.8. The molecule has 160 valence electrons. The summed E-state index contributed by atoms with van der Waals surface area (Å²) in [5.74, 6) is 0.824. The second-order valence-corrected chi connectivity index (χ2v) is 7.25. The first-order chi connectivity index (χ1) is 15.0. The summed E-state index contributed by atoms with van der Waals surface area (Å²) in [6.07, 6.45) is -0.119. The number of carboxylic acid groups (broad SMARTS) is 1. The van der Waals surface area contributed by atoms with E-state index in [1.54, 1.807) is 24.3 Å². The van der Waals surface area contributed by atoms with Gasteiger partial charge in [-0.1, -0.05) is 36.4 Å². The molecule has 31 heavy (non-hydrogen) atoms. The van der Waals surface area contributed by atoms with Crippen molar-refractivity contribution in [3.63, 3.8) is 0 Å². The Balaban J connectivity index is 1.64. The van der Waals surface area contributed by atoms with Crippen LogP contribution in [0.25, 0.3) is 11.1 Å². The van der Waals surface area contributed by atoms with Gasteiger partial charge >= 0.3 is 5.97 Å². The Morgan fingerprint density at radius 2 is 1.87 bits per heavy atom. The molecule has 3 aromatic carbocycles. The molecular formula is C24H23NO6. The van der Waals surface area contributed by atoms with Crippen LogP contribution in [0.5, 0.6) is 17.2 Å². The highest BCUT2D eigenvalue weighted by molar-refractivity contribution is 5.72. The molecule has 0 bridgehead atoms. The van der Waals surface area contributed by atoms with E-state index in [1.807, 2.05) is 36.4 Å². The molecule has 0 saturated carbocycles. The van der Waals surface area contributed by atoms with Crippen LogP contribution >= 0.6 is 0 Å². The van der Waals surface area contributed by atoms with Gasteiger partial charge in [0.25, 0.3) is 0 Å². The number of ether oxygens (including phenoxy) is 3. The Kier molecular flexibility index (Phi) is 6.06. The Labute approximate surface area is 179 Å². The SMILES string of the molecule is N[C@H](CO)c1cccc(-c2cc(COc3ccccc3CC(=O)O)c3c(c2)OCO3)c1. The number of hydrogen-bond donors (Lipinski definition) is 3. The molecule has 4 N–H and O–H groups in total. The van der Waals surface area contributed by atoms with Gasteiger partial charge in [-0.25, -0.2) is 0 Å². The average Bonchev–Trinajstić information content (AvgIpc) is 3.26. The van der Waals surface area contributed by atoms with E-state index in [2.05, 4.69) is 0 Å². The second-order valence-electron chi connectivity index (χ2n) is 7.25. The van der Waals surface area contributed by atoms with E-state index < -0.39 is 12.0 Å². The van der Waals surface area contributed by atoms with Crippen LogP contribution in [0.15, 0.2) is 60.7 Å². The van der Waals surface area contributed by atoms with Gasteiger partial charge in [-0.2, -0.15) is 0 Å². The molecule has 0 saturated heterocycles. The molecule has 0 aromatic heterocycles. The summed E-state index contributed by atoms with van der Waals surface area (Å²) >= 11 is 0. The number of carboxylic acids is 1. The van der Waals surface area contributed by atoms with Crippen molar-refractivity contribution in [3.8, 4) is 28.4 Å². The summed E-state index contributed by atoms with van der Waals surface area (Å²) in [6, 6.07) is 18.1. The van der Waals surface area contributed by atoms with Crippen molar-refractivity contribution in [1.29, 1.82) is 0 Å². The molecule has 1 heterocycles. The first-order valence-corrected chi connectivity index (χ1v) is 9.87. The van der Waals surface area contributed by atoms with Crippen LogP contribution in [0.2, 0.25) is 0 Å². The van der Waals surface area contributed by atoms with Gasteiger partial charge in [0.1, 0.15) is 12.4 Å². The maximum absolute atomic E-state index is 11.1. The largest absolute Gasteiger partial charge is 0.488 e. The molecule has 0 amide bonds. The lowest BCUT2D eigenvalue weighted by Crippen LogP contribution is -2.14. The van der Waals surface area contributed by atoms with Gasteiger partial charge in [-0.15, -0.1) is 0 Å². The average molecular weight is 421 g/mol. The van der Waals surface area contributed by atoms with Crippen LogP contribution in [0.3, 0.4) is 0 Å². The van der Waals surface area contributed by atoms with Gasteiger partial charge in [0.2, 0.25) is 6.79 Å². The molecular weight excluding hydrogens is 398 g/mol. The van der Waals surface area contributed by atoms with E-state index in [4.69, 9.17) is 25.1 Å². The molecule has 1 aliphatic heterocycles. The number of aliphatic carboxylic acids is 1. The van der Waals surface area contributed by atoms with Crippen LogP contribution in [0, 0.1) is 0 Å². The van der Waals surface area contributed by atoms with E-state index >= 15 is 0 Å². The number of carbonyl (C=O) groups is 1. The zero-order valence-electron chi connectivity index (χ0n) is 16.8. The lowest BCUT2D eigenvalue weighted by molar-refractivity contribution is -0.136. The Hall–Kier alpha value is -3.55. The number of rotatable bonds is 8. The smallest absolute Gasteiger partial charge is 0.307 e. The number of benzene rings is 3. The molecule has 0 unspecified atom stereocenters. The third-order valence-electron chi connectivity index (χ3n) is 5.09. The fourth-order valence-corrected chi connectivity index (χ4v) is 3.52. The molecule has 0 fully saturated rings. The second kappa shape index (κ2) is 9.07. The predicted molar refractivity (Wildman–Crippen MR) is 114 cm³/mol. The molecule has 7 nitrogen and oxygen atoms in total. The summed E-state index contributed by atoms with van der Waals surface area (Å²) in [5.41, 5.74) is 10.0. The van der Waals surface area contributed by atoms with Gasteiger partial charge in [-0.3, -0.25) is 4.79 Å². The Morgan fingerprint density at radius 1 is 1.03 bits per heavy atom. The number of aliphatic hydroxyl groups excluding tert-OH is 1. The molecule has 7 heteroatoms. The van der Waals surface area contributed by atoms with Gasteiger partial charge in [0.05, 0.1) is 19.1 Å². The lowest BCUT2D eigenvalue weighted by atomic mass is 9.98. The van der Waals surface area contributed by atoms with Crippen molar-refractivity contribution in [2.75, 3.05) is 13.4 Å². The third-order valence-corrected chi connectivity index (χ3v) is 5.09. The molecule has 1 atom stereocenters. The van der Waals surface area contributed by atoms with Crippen molar-refractivity contribution < 1.29 is 29.2 Å². The number of aliphatic hydroxyl groups is 1. The van der Waals surface area contributed by atoms with Crippen molar-refractivity contribution in [2.24, 2.45) is 5.73 Å². The Morgan fingerprint density at radius 3 is 2.68 bits per heavy atom. The van der Waals surface area contributed by atoms with Crippen molar-refractivity contribution in [2.45, 2.75) is 19.1 Å². The summed E-state index contributed by atoms with van der Waals surface area (Å²) in [4.78, 5) is 11.1. The fraction of sp³-hybridized carbons (Fsp3) is 0.208. The minimum absolute atomic E-state index is 0.119. The first kappa shape index (κ1) is 20.7. The Bertz CT molecular complexity index is 1100. The normalized spacial score (nSPS) is 13.1. The van der Waals surface area contributed by atoms with Crippen LogP contribution in [0.1, 0.15) is 22.7 Å². The first-order valence-electron chi connectivity index (χ1n) is 9.87. The zero-order chi connectivity index (χ0) is 21.8. The molecule has 0 radical (unpaired) electrons. The molecule has 1 aliphatic rings. The van der Waals surface area contributed by atoms with Crippen LogP contribution in [-0.2, 0) is 17.8 Å². The number of nitrogens with two attached hydrogens (primary N) is 1. The maximum Gasteiger partial charge on any atom is 0.307 e. The molecule has 3 aromatic rings. The number of fused-ring (bicyclic) bond motifs is 1. The van der Waals surface area contributed by atoms with Crippen molar-refractivity contribution in [1.82, 2.24) is 0 Å². The number of para-hydroxylation sites is 1. The highest BCUT2D eigenvalue weighted by Crippen LogP contribution is 2.40. The monoisotopic (exact) mass is 421 g/mol. The van der Waals surface area contributed by atoms with E-state index in [0.717, 1.165) is 22.3 Å². The molecule has 0 aliphatic carbocycles. The van der Waals surface area contributed by atoms with Gasteiger partial charge in [0.15, 0.2) is 11.5 Å². The predicted octanol–water partition coefficient (Wildman–Crippen LogP) is 3.28. The van der Waals surface area contributed by atoms with E-state index in [-0.39, 0.29) is 26.4 Å². The summed E-state index contributed by atoms with van der Waals surface area (Å²) < 4.78 is 17.2. The highest BCUT2D eigenvalue weighted by Gasteiger charge is 2.21. The van der Waals surface area contributed by atoms with E-state index in [9.17, 15) is 9.90 Å². The van der Waals surface area contributed by atoms with Gasteiger partial charge in [-0.05, 0) is 41.0 Å². The molecule has 0 spiro atoms. The van der Waals surface area contributed by atoms with Crippen LogP contribution in [-0.4, -0.2) is 29.6 Å². The highest BCUT2D eigenvalue weighted by atomic mass is 16.7. The minimum atomic E-state index is -0.920. The summed E-state index contributed by atoms with van der Waals surface area (Å²) in [5, 5.41) is 18.5. The van der Waals surface area contributed by atoms with Crippen molar-refractivity contribution in [3.05, 3.63) is 77.4 Å². The third kappa shape index (κ3) is 4.63. The fourth-order valence-electron chi connectivity index (χ4n) is 3.52. The van der Waals surface area contributed by atoms with Crippen LogP contribution < -0.4 is 19.9 Å². The topological polar surface area (TPSA) is 111 Å². The van der Waals surface area contributed by atoms with Gasteiger partial charge in [0, 0.05) is 11.1 Å². The minimum Gasteiger partial charge on any atom is -0.488 e.